The first kappa shape index (κ1) is 18.3. The van der Waals surface area contributed by atoms with Crippen molar-refractivity contribution in [3.05, 3.63) is 84.3 Å². The van der Waals surface area contributed by atoms with Crippen molar-refractivity contribution in [2.24, 2.45) is 0 Å². The number of amides is 1. The van der Waals surface area contributed by atoms with Gasteiger partial charge in [-0.2, -0.15) is 0 Å². The van der Waals surface area contributed by atoms with Crippen LogP contribution in [0.4, 0.5) is 5.69 Å². The lowest BCUT2D eigenvalue weighted by molar-refractivity contribution is 0.0717. The summed E-state index contributed by atoms with van der Waals surface area (Å²) in [5.41, 5.74) is 0.943. The monoisotopic (exact) mass is 396 g/mol. The predicted octanol–water partition coefficient (Wildman–Crippen LogP) is 3.89. The third-order valence-corrected chi connectivity index (χ3v) is 5.99. The highest BCUT2D eigenvalue weighted by Crippen LogP contribution is 2.30. The zero-order chi connectivity index (χ0) is 19.6. The molecule has 0 atom stereocenters. The number of benzene rings is 2. The molecule has 144 valence electrons. The SMILES string of the molecule is O=C(c1ccc(S(=O)(=O)Nc2ccccc2)cc1)N(Cc1ccco1)C1CC1. The molecule has 1 amide bonds. The normalized spacial score (nSPS) is 13.9. The Bertz CT molecular complexity index is 1040. The van der Waals surface area contributed by atoms with Crippen molar-refractivity contribution in [1.82, 2.24) is 4.90 Å². The minimum atomic E-state index is -3.71. The van der Waals surface area contributed by atoms with Gasteiger partial charge < -0.3 is 9.32 Å². The number of sulfonamides is 1. The number of hydrogen-bond acceptors (Lipinski definition) is 4. The van der Waals surface area contributed by atoms with Crippen molar-refractivity contribution >= 4 is 21.6 Å². The number of para-hydroxylation sites is 1. The fraction of sp³-hybridized carbons (Fsp3) is 0.190. The van der Waals surface area contributed by atoms with E-state index in [0.717, 1.165) is 18.6 Å². The molecule has 1 aliphatic carbocycles. The van der Waals surface area contributed by atoms with E-state index in [1.54, 1.807) is 53.6 Å². The van der Waals surface area contributed by atoms with Crippen LogP contribution >= 0.6 is 0 Å². The molecule has 2 aromatic carbocycles. The highest BCUT2D eigenvalue weighted by Gasteiger charge is 2.33. The maximum atomic E-state index is 12.9. The molecule has 1 saturated carbocycles. The average molecular weight is 396 g/mol. The van der Waals surface area contributed by atoms with E-state index < -0.39 is 10.0 Å². The van der Waals surface area contributed by atoms with E-state index in [-0.39, 0.29) is 16.8 Å². The molecule has 1 fully saturated rings. The van der Waals surface area contributed by atoms with E-state index in [9.17, 15) is 13.2 Å². The summed E-state index contributed by atoms with van der Waals surface area (Å²) in [6.07, 6.45) is 3.53. The van der Waals surface area contributed by atoms with E-state index in [4.69, 9.17) is 4.42 Å². The molecule has 6 nitrogen and oxygen atoms in total. The van der Waals surface area contributed by atoms with E-state index in [1.165, 1.54) is 12.1 Å². The Morgan fingerprint density at radius 1 is 1.00 bits per heavy atom. The molecule has 7 heteroatoms. The summed E-state index contributed by atoms with van der Waals surface area (Å²) in [4.78, 5) is 14.8. The van der Waals surface area contributed by atoms with E-state index >= 15 is 0 Å². The molecule has 0 radical (unpaired) electrons. The molecular formula is C21H20N2O4S. The summed E-state index contributed by atoms with van der Waals surface area (Å²) in [5, 5.41) is 0. The second kappa shape index (κ2) is 7.52. The van der Waals surface area contributed by atoms with Crippen molar-refractivity contribution in [3.8, 4) is 0 Å². The van der Waals surface area contributed by atoms with Gasteiger partial charge in [0.2, 0.25) is 0 Å². The fourth-order valence-corrected chi connectivity index (χ4v) is 4.04. The minimum absolute atomic E-state index is 0.108. The van der Waals surface area contributed by atoms with Gasteiger partial charge in [-0.25, -0.2) is 8.42 Å². The number of rotatable bonds is 7. The van der Waals surface area contributed by atoms with E-state index in [0.29, 0.717) is 17.8 Å². The van der Waals surface area contributed by atoms with Crippen LogP contribution < -0.4 is 4.72 Å². The molecular weight excluding hydrogens is 376 g/mol. The van der Waals surface area contributed by atoms with Gasteiger partial charge in [0.15, 0.2) is 0 Å². The van der Waals surface area contributed by atoms with Crippen molar-refractivity contribution in [2.75, 3.05) is 4.72 Å². The standard InChI is InChI=1S/C21H20N2O4S/c24-21(23(18-10-11-18)15-19-7-4-14-27-19)16-8-12-20(13-9-16)28(25,26)22-17-5-2-1-3-6-17/h1-9,12-14,18,22H,10-11,15H2. The lowest BCUT2D eigenvalue weighted by atomic mass is 10.2. The van der Waals surface area contributed by atoms with Crippen molar-refractivity contribution < 1.29 is 17.6 Å². The largest absolute Gasteiger partial charge is 0.467 e. The number of nitrogens with one attached hydrogen (secondary N) is 1. The minimum Gasteiger partial charge on any atom is -0.467 e. The molecule has 1 heterocycles. The van der Waals surface area contributed by atoms with Gasteiger partial charge in [-0.3, -0.25) is 9.52 Å². The molecule has 0 aliphatic heterocycles. The number of furan rings is 1. The van der Waals surface area contributed by atoms with Crippen LogP contribution in [0.3, 0.4) is 0 Å². The third-order valence-electron chi connectivity index (χ3n) is 4.59. The number of hydrogen-bond donors (Lipinski definition) is 1. The Balaban J connectivity index is 1.51. The van der Waals surface area contributed by atoms with Gasteiger partial charge in [-0.05, 0) is 61.4 Å². The van der Waals surface area contributed by atoms with Crippen LogP contribution in [0.5, 0.6) is 0 Å². The highest BCUT2D eigenvalue weighted by atomic mass is 32.2. The number of carbonyl (C=O) groups is 1. The van der Waals surface area contributed by atoms with Crippen LogP contribution in [0, 0.1) is 0 Å². The van der Waals surface area contributed by atoms with Crippen LogP contribution in [0.1, 0.15) is 29.0 Å². The fourth-order valence-electron chi connectivity index (χ4n) is 2.99. The smallest absolute Gasteiger partial charge is 0.261 e. The quantitative estimate of drug-likeness (QED) is 0.657. The van der Waals surface area contributed by atoms with Crippen LogP contribution in [0.2, 0.25) is 0 Å². The van der Waals surface area contributed by atoms with Gasteiger partial charge in [0.05, 0.1) is 17.7 Å². The van der Waals surface area contributed by atoms with Crippen molar-refractivity contribution in [1.29, 1.82) is 0 Å². The first-order chi connectivity index (χ1) is 13.5. The van der Waals surface area contributed by atoms with E-state index in [1.807, 2.05) is 12.1 Å². The zero-order valence-corrected chi connectivity index (χ0v) is 15.9. The maximum Gasteiger partial charge on any atom is 0.261 e. The van der Waals surface area contributed by atoms with Crippen LogP contribution in [0.15, 0.2) is 82.3 Å². The Morgan fingerprint density at radius 2 is 1.71 bits per heavy atom. The van der Waals surface area contributed by atoms with Crippen LogP contribution in [-0.2, 0) is 16.6 Å². The van der Waals surface area contributed by atoms with Gasteiger partial charge in [0, 0.05) is 17.3 Å². The lowest BCUT2D eigenvalue weighted by Crippen LogP contribution is -2.32. The predicted molar refractivity (Wildman–Crippen MR) is 105 cm³/mol. The van der Waals surface area contributed by atoms with Crippen molar-refractivity contribution in [2.45, 2.75) is 30.3 Å². The Hall–Kier alpha value is -3.06. The molecule has 1 aromatic heterocycles. The van der Waals surface area contributed by atoms with Crippen molar-refractivity contribution in [3.63, 3.8) is 0 Å². The summed E-state index contributed by atoms with van der Waals surface area (Å²) in [6.45, 7) is 0.409. The number of nitrogens with zero attached hydrogens (tertiary/aromatic N) is 1. The third kappa shape index (κ3) is 4.09. The lowest BCUT2D eigenvalue weighted by Gasteiger charge is -2.21. The summed E-state index contributed by atoms with van der Waals surface area (Å²) in [7, 11) is -3.71. The Labute approximate surface area is 163 Å². The molecule has 1 aliphatic rings. The van der Waals surface area contributed by atoms with Gasteiger partial charge in [-0.1, -0.05) is 18.2 Å². The summed E-state index contributed by atoms with van der Waals surface area (Å²) in [5.74, 6) is 0.602. The van der Waals surface area contributed by atoms with Crippen LogP contribution in [0.25, 0.3) is 0 Å². The molecule has 0 saturated heterocycles. The molecule has 1 N–H and O–H groups in total. The second-order valence-corrected chi connectivity index (χ2v) is 8.42. The number of anilines is 1. The molecule has 0 bridgehead atoms. The first-order valence-electron chi connectivity index (χ1n) is 9.04. The van der Waals surface area contributed by atoms with E-state index in [2.05, 4.69) is 4.72 Å². The Morgan fingerprint density at radius 3 is 2.32 bits per heavy atom. The van der Waals surface area contributed by atoms with Gasteiger partial charge in [-0.15, -0.1) is 0 Å². The topological polar surface area (TPSA) is 79.6 Å². The first-order valence-corrected chi connectivity index (χ1v) is 10.5. The summed E-state index contributed by atoms with van der Waals surface area (Å²) >= 11 is 0. The summed E-state index contributed by atoms with van der Waals surface area (Å²) in [6, 6.07) is 18.5. The molecule has 0 unspecified atom stereocenters. The molecule has 28 heavy (non-hydrogen) atoms. The highest BCUT2D eigenvalue weighted by molar-refractivity contribution is 7.92. The molecule has 3 aromatic rings. The summed E-state index contributed by atoms with van der Waals surface area (Å²) < 4.78 is 33.0. The Kier molecular flexibility index (Phi) is 4.92. The zero-order valence-electron chi connectivity index (χ0n) is 15.1. The van der Waals surface area contributed by atoms with Gasteiger partial charge in [0.1, 0.15) is 5.76 Å². The maximum absolute atomic E-state index is 12.9. The average Bonchev–Trinajstić information content (AvgIpc) is 3.41. The second-order valence-electron chi connectivity index (χ2n) is 6.74. The van der Waals surface area contributed by atoms with Crippen LogP contribution in [-0.4, -0.2) is 25.3 Å². The van der Waals surface area contributed by atoms with Gasteiger partial charge >= 0.3 is 0 Å². The van der Waals surface area contributed by atoms with Gasteiger partial charge in [0.25, 0.3) is 15.9 Å². The number of carbonyl (C=O) groups excluding carboxylic acids is 1. The molecule has 4 rings (SSSR count). The molecule has 0 spiro atoms.